The molecule has 1 aliphatic rings. The molecule has 4 rings (SSSR count). The van der Waals surface area contributed by atoms with Crippen molar-refractivity contribution in [3.05, 3.63) is 82.5 Å². The lowest BCUT2D eigenvalue weighted by Crippen LogP contribution is -2.46. The number of aliphatic imine (C=N–C) groups is 2. The summed E-state index contributed by atoms with van der Waals surface area (Å²) in [7, 11) is 2.88. The Morgan fingerprint density at radius 2 is 1.75 bits per heavy atom. The van der Waals surface area contributed by atoms with Gasteiger partial charge in [0.2, 0.25) is 6.41 Å². The molecule has 1 aromatic heterocycles. The monoisotopic (exact) mass is 755 g/mol. The van der Waals surface area contributed by atoms with Gasteiger partial charge in [-0.1, -0.05) is 57.5 Å². The summed E-state index contributed by atoms with van der Waals surface area (Å²) in [5, 5.41) is 6.33. The van der Waals surface area contributed by atoms with Crippen LogP contribution in [0.2, 0.25) is 5.02 Å². The molecule has 0 spiro atoms. The van der Waals surface area contributed by atoms with Crippen molar-refractivity contribution >= 4 is 41.7 Å². The number of rotatable bonds is 12. The lowest BCUT2D eigenvalue weighted by Gasteiger charge is -2.31. The second-order valence-corrected chi connectivity index (χ2v) is 13.0. The Kier molecular flexibility index (Phi) is 16.3. The molecule has 5 N–H and O–H groups in total. The molecule has 1 saturated carbocycles. The summed E-state index contributed by atoms with van der Waals surface area (Å²) in [5.41, 5.74) is 12.4. The van der Waals surface area contributed by atoms with E-state index in [0.29, 0.717) is 16.6 Å². The van der Waals surface area contributed by atoms with E-state index < -0.39 is 56.1 Å². The highest BCUT2D eigenvalue weighted by Crippen LogP contribution is 2.45. The molecule has 0 saturated heterocycles. The number of guanidine groups is 1. The number of nitrogens with one attached hydrogen (secondary N) is 1. The summed E-state index contributed by atoms with van der Waals surface area (Å²) in [5.74, 6) is -4.65. The summed E-state index contributed by atoms with van der Waals surface area (Å²) in [6.45, 7) is 7.50. The zero-order chi connectivity index (χ0) is 39.2. The molecule has 2 unspecified atom stereocenters. The van der Waals surface area contributed by atoms with Gasteiger partial charge in [-0.25, -0.2) is 31.6 Å². The number of halogens is 6. The number of primary amides is 1. The number of ether oxygens (including phenoxy) is 1. The topological polar surface area (TPSA) is 166 Å². The minimum atomic E-state index is -3.03. The number of benzene rings is 2. The summed E-state index contributed by atoms with van der Waals surface area (Å²) in [6, 6.07) is 9.26. The Morgan fingerprint density at radius 1 is 1.17 bits per heavy atom. The van der Waals surface area contributed by atoms with Crippen LogP contribution in [0.25, 0.3) is 11.3 Å². The number of hydrogen-bond donors (Lipinski definition) is 3. The van der Waals surface area contributed by atoms with Gasteiger partial charge in [0.15, 0.2) is 18.6 Å². The molecule has 2 amide bonds. The number of nitrogens with two attached hydrogens (primary N) is 2. The first kappa shape index (κ1) is 43.3. The molecule has 284 valence electrons. The number of carbonyl (C=O) groups is 2. The molecule has 0 aliphatic heterocycles. The highest BCUT2D eigenvalue weighted by Gasteiger charge is 2.58. The number of hydrogen-bond acceptors (Lipinski definition) is 8. The SMILES string of the molecule is CC(C)(C)C.CN=C/C(=C\NCF)c1ccc(C(=O)N(C(N)=NC)C(COC2CC2(F)F)c2ccc(Cl)c(-n3ncnc3C(F)F)c2)cc1.NC=O. The van der Waals surface area contributed by atoms with Gasteiger partial charge in [-0.2, -0.15) is 5.10 Å². The Labute approximate surface area is 303 Å². The highest BCUT2D eigenvalue weighted by molar-refractivity contribution is 6.32. The maximum atomic E-state index is 14.0. The van der Waals surface area contributed by atoms with Gasteiger partial charge in [0.25, 0.3) is 18.3 Å². The third-order valence-electron chi connectivity index (χ3n) is 6.65. The van der Waals surface area contributed by atoms with Gasteiger partial charge in [0.05, 0.1) is 23.4 Å². The van der Waals surface area contributed by atoms with E-state index in [-0.39, 0.29) is 34.2 Å². The number of nitrogens with zero attached hydrogens (tertiary/aromatic N) is 6. The Hall–Kier alpha value is -4.90. The van der Waals surface area contributed by atoms with E-state index >= 15 is 0 Å². The Morgan fingerprint density at radius 3 is 2.25 bits per heavy atom. The van der Waals surface area contributed by atoms with E-state index in [1.807, 2.05) is 0 Å². The van der Waals surface area contributed by atoms with Gasteiger partial charge in [0, 0.05) is 44.1 Å². The van der Waals surface area contributed by atoms with Crippen LogP contribution in [0.5, 0.6) is 0 Å². The predicted octanol–water partition coefficient (Wildman–Crippen LogP) is 6.12. The predicted molar refractivity (Wildman–Crippen MR) is 190 cm³/mol. The summed E-state index contributed by atoms with van der Waals surface area (Å²) in [4.78, 5) is 35.1. The first-order chi connectivity index (χ1) is 24.4. The van der Waals surface area contributed by atoms with Crippen LogP contribution in [0.3, 0.4) is 0 Å². The summed E-state index contributed by atoms with van der Waals surface area (Å²) in [6.07, 6.45) is -0.751. The number of amides is 2. The smallest absolute Gasteiger partial charge is 0.297 e. The number of alkyl halides is 5. The average Bonchev–Trinajstić information content (AvgIpc) is 3.43. The van der Waals surface area contributed by atoms with Gasteiger partial charge in [-0.15, -0.1) is 0 Å². The van der Waals surface area contributed by atoms with E-state index in [1.165, 1.54) is 49.8 Å². The Bertz CT molecular complexity index is 1700. The fourth-order valence-corrected chi connectivity index (χ4v) is 4.52. The summed E-state index contributed by atoms with van der Waals surface area (Å²) < 4.78 is 73.7. The minimum absolute atomic E-state index is 0.00118. The molecule has 0 radical (unpaired) electrons. The standard InChI is InChI=1S/C28H28ClF5N8O2.C5H12.CH3NO/c1-36-11-19(12-38-14-30)16-3-5-17(6-4-16)26(43)41(27(35)37-2)22(13-44-23-10-28(23,33)34)18-7-8-20(29)21(9-18)42-25(24(31)32)39-15-40-42;1-5(2,3)4;2-1-3/h3-9,11-12,15,22-24,38H,10,13-14H2,1-2H3,(H2,35,37);1-4H3;1H,(H2,2,3)/b19-12+,36-11?;;. The van der Waals surface area contributed by atoms with Crippen molar-refractivity contribution in [3.63, 3.8) is 0 Å². The van der Waals surface area contributed by atoms with Crippen LogP contribution in [0.1, 0.15) is 73.9 Å². The summed E-state index contributed by atoms with van der Waals surface area (Å²) >= 11 is 6.33. The molecule has 3 aromatic rings. The average molecular weight is 756 g/mol. The van der Waals surface area contributed by atoms with E-state index in [1.54, 1.807) is 19.2 Å². The number of aromatic nitrogens is 3. The van der Waals surface area contributed by atoms with Crippen LogP contribution < -0.4 is 16.8 Å². The minimum Gasteiger partial charge on any atom is -0.372 e. The molecule has 1 aliphatic carbocycles. The van der Waals surface area contributed by atoms with E-state index in [0.717, 1.165) is 15.9 Å². The maximum Gasteiger partial charge on any atom is 0.297 e. The first-order valence-electron chi connectivity index (χ1n) is 15.6. The molecule has 1 heterocycles. The molecule has 12 nitrogen and oxygen atoms in total. The second-order valence-electron chi connectivity index (χ2n) is 12.6. The van der Waals surface area contributed by atoms with Gasteiger partial charge < -0.3 is 21.5 Å². The lowest BCUT2D eigenvalue weighted by molar-refractivity contribution is -0.106. The van der Waals surface area contributed by atoms with E-state index in [4.69, 9.17) is 26.9 Å². The quantitative estimate of drug-likeness (QED) is 0.0658. The van der Waals surface area contributed by atoms with Crippen molar-refractivity contribution in [2.45, 2.75) is 58.6 Å². The molecule has 1 fully saturated rings. The first-order valence-corrected chi connectivity index (χ1v) is 16.0. The van der Waals surface area contributed by atoms with Crippen LogP contribution in [0.4, 0.5) is 22.0 Å². The zero-order valence-electron chi connectivity index (χ0n) is 29.5. The third kappa shape index (κ3) is 12.7. The highest BCUT2D eigenvalue weighted by atomic mass is 35.5. The van der Waals surface area contributed by atoms with Gasteiger partial charge in [0.1, 0.15) is 12.4 Å². The molecule has 52 heavy (non-hydrogen) atoms. The molecular formula is C34H43ClF5N9O3. The lowest BCUT2D eigenvalue weighted by atomic mass is 10.0. The van der Waals surface area contributed by atoms with Crippen LogP contribution in [0, 0.1) is 5.41 Å². The maximum absolute atomic E-state index is 14.0. The molecule has 2 atom stereocenters. The fourth-order valence-electron chi connectivity index (χ4n) is 4.32. The van der Waals surface area contributed by atoms with Gasteiger partial charge in [-0.05, 0) is 40.8 Å². The van der Waals surface area contributed by atoms with Crippen molar-refractivity contribution < 1.29 is 36.3 Å². The van der Waals surface area contributed by atoms with Crippen molar-refractivity contribution in [3.8, 4) is 5.69 Å². The third-order valence-corrected chi connectivity index (χ3v) is 6.97. The molecule has 2 aromatic carbocycles. The van der Waals surface area contributed by atoms with Gasteiger partial charge >= 0.3 is 0 Å². The van der Waals surface area contributed by atoms with Crippen LogP contribution in [-0.4, -0.2) is 83.7 Å². The van der Waals surface area contributed by atoms with E-state index in [9.17, 15) is 26.7 Å². The second kappa shape index (κ2) is 19.6. The van der Waals surface area contributed by atoms with Crippen molar-refractivity contribution in [2.24, 2.45) is 26.9 Å². The fraction of sp³-hybridized carbons (Fsp3) is 0.412. The normalized spacial score (nSPS) is 16.0. The van der Waals surface area contributed by atoms with Crippen LogP contribution >= 0.6 is 11.6 Å². The molecular weight excluding hydrogens is 713 g/mol. The van der Waals surface area contributed by atoms with Crippen LogP contribution in [-0.2, 0) is 9.53 Å². The molecule has 0 bridgehead atoms. The zero-order valence-corrected chi connectivity index (χ0v) is 30.3. The van der Waals surface area contributed by atoms with Gasteiger partial charge in [-0.3, -0.25) is 24.5 Å². The Balaban J connectivity index is 0.00000106. The van der Waals surface area contributed by atoms with E-state index in [2.05, 4.69) is 58.8 Å². The van der Waals surface area contributed by atoms with Crippen molar-refractivity contribution in [2.75, 3.05) is 27.5 Å². The number of allylic oxidation sites excluding steroid dienone is 1. The van der Waals surface area contributed by atoms with Crippen molar-refractivity contribution in [1.29, 1.82) is 0 Å². The van der Waals surface area contributed by atoms with Crippen LogP contribution in [0.15, 0.2) is 65.0 Å². The largest absolute Gasteiger partial charge is 0.372 e. The number of carbonyl (C=O) groups excluding carboxylic acids is 2. The molecule has 18 heteroatoms. The van der Waals surface area contributed by atoms with Crippen molar-refractivity contribution in [1.82, 2.24) is 25.0 Å².